The van der Waals surface area contributed by atoms with E-state index in [1.54, 1.807) is 0 Å². The number of aryl methyl sites for hydroxylation is 1. The highest BCUT2D eigenvalue weighted by Gasteiger charge is 2.16. The van der Waals surface area contributed by atoms with Crippen LogP contribution in [0.25, 0.3) is 0 Å². The third-order valence-electron chi connectivity index (χ3n) is 3.08. The molecule has 4 heteroatoms. The molecule has 1 aromatic heterocycles. The van der Waals surface area contributed by atoms with E-state index in [4.69, 9.17) is 9.15 Å². The van der Waals surface area contributed by atoms with Crippen LogP contribution >= 0.6 is 15.9 Å². The molecule has 0 saturated heterocycles. The molecule has 0 saturated carbocycles. The SMILES string of the molecule is CCNC(c1coc(C)c1)c1ccc(OCC)c(Br)c1. The predicted octanol–water partition coefficient (Wildman–Crippen LogP) is 4.45. The molecule has 0 fully saturated rings. The van der Waals surface area contributed by atoms with Gasteiger partial charge in [-0.25, -0.2) is 0 Å². The summed E-state index contributed by atoms with van der Waals surface area (Å²) in [6, 6.07) is 8.38. The zero-order valence-electron chi connectivity index (χ0n) is 12.1. The minimum Gasteiger partial charge on any atom is -0.493 e. The van der Waals surface area contributed by atoms with Crippen LogP contribution in [0.15, 0.2) is 39.4 Å². The van der Waals surface area contributed by atoms with Gasteiger partial charge < -0.3 is 14.5 Å². The Balaban J connectivity index is 2.32. The highest BCUT2D eigenvalue weighted by atomic mass is 79.9. The molecule has 0 radical (unpaired) electrons. The molecule has 0 amide bonds. The fourth-order valence-electron chi connectivity index (χ4n) is 2.22. The second-order valence-electron chi connectivity index (χ2n) is 4.60. The van der Waals surface area contributed by atoms with Crippen LogP contribution in [-0.2, 0) is 0 Å². The fraction of sp³-hybridized carbons (Fsp3) is 0.375. The lowest BCUT2D eigenvalue weighted by atomic mass is 10.0. The summed E-state index contributed by atoms with van der Waals surface area (Å²) in [4.78, 5) is 0. The first-order chi connectivity index (χ1) is 9.65. The van der Waals surface area contributed by atoms with E-state index in [2.05, 4.69) is 46.4 Å². The van der Waals surface area contributed by atoms with Crippen molar-refractivity contribution in [3.05, 3.63) is 51.9 Å². The summed E-state index contributed by atoms with van der Waals surface area (Å²) in [5.74, 6) is 1.79. The van der Waals surface area contributed by atoms with Gasteiger partial charge in [0, 0.05) is 5.56 Å². The van der Waals surface area contributed by atoms with Gasteiger partial charge in [-0.2, -0.15) is 0 Å². The molecule has 1 heterocycles. The molecule has 1 N–H and O–H groups in total. The van der Waals surface area contributed by atoms with Crippen molar-refractivity contribution in [1.29, 1.82) is 0 Å². The van der Waals surface area contributed by atoms with Crippen LogP contribution < -0.4 is 10.1 Å². The third kappa shape index (κ3) is 3.44. The minimum absolute atomic E-state index is 0.129. The number of ether oxygens (including phenoxy) is 1. The van der Waals surface area contributed by atoms with Crippen LogP contribution in [-0.4, -0.2) is 13.2 Å². The predicted molar refractivity (Wildman–Crippen MR) is 84.3 cm³/mol. The van der Waals surface area contributed by atoms with Gasteiger partial charge in [0.05, 0.1) is 23.4 Å². The Morgan fingerprint density at radius 3 is 2.60 bits per heavy atom. The van der Waals surface area contributed by atoms with E-state index in [0.717, 1.165) is 28.1 Å². The van der Waals surface area contributed by atoms with Gasteiger partial charge in [0.25, 0.3) is 0 Å². The van der Waals surface area contributed by atoms with Gasteiger partial charge in [0.15, 0.2) is 0 Å². The molecule has 2 rings (SSSR count). The average Bonchev–Trinajstić information content (AvgIpc) is 2.85. The van der Waals surface area contributed by atoms with E-state index in [0.29, 0.717) is 6.61 Å². The lowest BCUT2D eigenvalue weighted by Gasteiger charge is -2.18. The monoisotopic (exact) mass is 337 g/mol. The van der Waals surface area contributed by atoms with Crippen molar-refractivity contribution in [3.63, 3.8) is 0 Å². The Labute approximate surface area is 128 Å². The molecular weight excluding hydrogens is 318 g/mol. The van der Waals surface area contributed by atoms with Gasteiger partial charge in [-0.3, -0.25) is 0 Å². The molecule has 108 valence electrons. The summed E-state index contributed by atoms with van der Waals surface area (Å²) in [7, 11) is 0. The molecule has 1 unspecified atom stereocenters. The summed E-state index contributed by atoms with van der Waals surface area (Å²) >= 11 is 3.57. The number of nitrogens with one attached hydrogen (secondary N) is 1. The Morgan fingerprint density at radius 2 is 2.05 bits per heavy atom. The summed E-state index contributed by atoms with van der Waals surface area (Å²) in [6.07, 6.45) is 1.81. The average molecular weight is 338 g/mol. The largest absolute Gasteiger partial charge is 0.493 e. The number of furan rings is 1. The summed E-state index contributed by atoms with van der Waals surface area (Å²) in [5.41, 5.74) is 2.32. The van der Waals surface area contributed by atoms with Crippen molar-refractivity contribution in [2.45, 2.75) is 26.8 Å². The smallest absolute Gasteiger partial charge is 0.133 e. The normalized spacial score (nSPS) is 12.4. The number of benzene rings is 1. The van der Waals surface area contributed by atoms with Crippen molar-refractivity contribution < 1.29 is 9.15 Å². The van der Waals surface area contributed by atoms with Crippen molar-refractivity contribution >= 4 is 15.9 Å². The first-order valence-corrected chi connectivity index (χ1v) is 7.65. The van der Waals surface area contributed by atoms with Crippen LogP contribution in [0, 0.1) is 6.92 Å². The standard InChI is InChI=1S/C16H20BrNO2/c1-4-18-16(13-8-11(3)20-10-13)12-6-7-15(19-5-2)14(17)9-12/h6-10,16,18H,4-5H2,1-3H3. The van der Waals surface area contributed by atoms with Gasteiger partial charge in [0.2, 0.25) is 0 Å². The van der Waals surface area contributed by atoms with Gasteiger partial charge in [-0.05, 0) is 60.1 Å². The van der Waals surface area contributed by atoms with E-state index in [1.165, 1.54) is 5.56 Å². The molecule has 0 aliphatic heterocycles. The molecule has 1 aromatic carbocycles. The molecule has 2 aromatic rings. The van der Waals surface area contributed by atoms with Crippen molar-refractivity contribution in [1.82, 2.24) is 5.32 Å². The maximum Gasteiger partial charge on any atom is 0.133 e. The van der Waals surface area contributed by atoms with Crippen LogP contribution in [0.1, 0.15) is 36.8 Å². The maximum atomic E-state index is 5.56. The minimum atomic E-state index is 0.129. The zero-order valence-corrected chi connectivity index (χ0v) is 13.7. The van der Waals surface area contributed by atoms with E-state index in [1.807, 2.05) is 26.2 Å². The molecule has 0 bridgehead atoms. The molecule has 0 aliphatic rings. The highest BCUT2D eigenvalue weighted by Crippen LogP contribution is 2.31. The first-order valence-electron chi connectivity index (χ1n) is 6.86. The lowest BCUT2D eigenvalue weighted by molar-refractivity contribution is 0.338. The van der Waals surface area contributed by atoms with Crippen LogP contribution in [0.4, 0.5) is 0 Å². The quantitative estimate of drug-likeness (QED) is 0.845. The fourth-order valence-corrected chi connectivity index (χ4v) is 2.73. The summed E-state index contributed by atoms with van der Waals surface area (Å²) < 4.78 is 12.0. The number of hydrogen-bond acceptors (Lipinski definition) is 3. The molecular formula is C16H20BrNO2. The Bertz CT molecular complexity index is 565. The number of rotatable bonds is 6. The molecule has 20 heavy (non-hydrogen) atoms. The zero-order chi connectivity index (χ0) is 14.5. The first kappa shape index (κ1) is 15.1. The van der Waals surface area contributed by atoms with Gasteiger partial charge >= 0.3 is 0 Å². The van der Waals surface area contributed by atoms with Gasteiger partial charge in [-0.15, -0.1) is 0 Å². The van der Waals surface area contributed by atoms with Crippen molar-refractivity contribution in [2.75, 3.05) is 13.2 Å². The van der Waals surface area contributed by atoms with E-state index < -0.39 is 0 Å². The Kier molecular flexibility index (Phi) is 5.26. The topological polar surface area (TPSA) is 34.4 Å². The van der Waals surface area contributed by atoms with E-state index in [9.17, 15) is 0 Å². The summed E-state index contributed by atoms with van der Waals surface area (Å²) in [6.45, 7) is 7.59. The van der Waals surface area contributed by atoms with Crippen molar-refractivity contribution in [2.24, 2.45) is 0 Å². The molecule has 1 atom stereocenters. The van der Waals surface area contributed by atoms with Gasteiger partial charge in [0.1, 0.15) is 11.5 Å². The molecule has 0 aliphatic carbocycles. The lowest BCUT2D eigenvalue weighted by Crippen LogP contribution is -2.21. The van der Waals surface area contributed by atoms with Crippen LogP contribution in [0.5, 0.6) is 5.75 Å². The van der Waals surface area contributed by atoms with E-state index >= 15 is 0 Å². The van der Waals surface area contributed by atoms with Gasteiger partial charge in [-0.1, -0.05) is 13.0 Å². The molecule has 3 nitrogen and oxygen atoms in total. The summed E-state index contributed by atoms with van der Waals surface area (Å²) in [5, 5.41) is 3.49. The van der Waals surface area contributed by atoms with Crippen molar-refractivity contribution in [3.8, 4) is 5.75 Å². The maximum absolute atomic E-state index is 5.56. The second kappa shape index (κ2) is 6.95. The van der Waals surface area contributed by atoms with Crippen LogP contribution in [0.2, 0.25) is 0 Å². The van der Waals surface area contributed by atoms with Crippen LogP contribution in [0.3, 0.4) is 0 Å². The third-order valence-corrected chi connectivity index (χ3v) is 3.70. The van der Waals surface area contributed by atoms with E-state index in [-0.39, 0.29) is 6.04 Å². The Morgan fingerprint density at radius 1 is 1.25 bits per heavy atom. The Hall–Kier alpha value is -1.26. The number of hydrogen-bond donors (Lipinski definition) is 1. The number of halogens is 1. The second-order valence-corrected chi connectivity index (χ2v) is 5.46. The highest BCUT2D eigenvalue weighted by molar-refractivity contribution is 9.10. The molecule has 0 spiro atoms.